The van der Waals surface area contributed by atoms with Crippen LogP contribution in [0.25, 0.3) is 0 Å². The Labute approximate surface area is 117 Å². The second-order valence-corrected chi connectivity index (χ2v) is 6.00. The molecule has 1 saturated heterocycles. The summed E-state index contributed by atoms with van der Waals surface area (Å²) in [5, 5.41) is 0. The largest absolute Gasteiger partial charge is 0.295 e. The zero-order valence-electron chi connectivity index (χ0n) is 12.4. The highest BCUT2D eigenvalue weighted by molar-refractivity contribution is 5.25. The molecule has 1 nitrogen and oxygen atoms in total. The van der Waals surface area contributed by atoms with Gasteiger partial charge in [0.25, 0.3) is 0 Å². The molecule has 1 fully saturated rings. The molecule has 19 heavy (non-hydrogen) atoms. The molecular weight excluding hydrogens is 230 g/mol. The Morgan fingerprint density at radius 1 is 1.26 bits per heavy atom. The number of nitrogens with zero attached hydrogens (tertiary/aromatic N) is 1. The number of likely N-dealkylation sites (tertiary alicyclic amines) is 1. The quantitative estimate of drug-likeness (QED) is 0.720. The van der Waals surface area contributed by atoms with Gasteiger partial charge >= 0.3 is 0 Å². The molecule has 0 spiro atoms. The van der Waals surface area contributed by atoms with Crippen LogP contribution in [0.2, 0.25) is 0 Å². The molecule has 1 heteroatoms. The Kier molecular flexibility index (Phi) is 4.60. The van der Waals surface area contributed by atoms with Crippen LogP contribution in [0.1, 0.15) is 32.8 Å². The van der Waals surface area contributed by atoms with Gasteiger partial charge in [-0.2, -0.15) is 0 Å². The molecule has 1 unspecified atom stereocenters. The third-order valence-electron chi connectivity index (χ3n) is 3.88. The van der Waals surface area contributed by atoms with E-state index in [9.17, 15) is 0 Å². The minimum absolute atomic E-state index is 0.683. The van der Waals surface area contributed by atoms with E-state index in [1.54, 1.807) is 5.57 Å². The summed E-state index contributed by atoms with van der Waals surface area (Å²) in [5.41, 5.74) is 5.82. The molecule has 1 aliphatic heterocycles. The van der Waals surface area contributed by atoms with E-state index in [0.29, 0.717) is 5.92 Å². The van der Waals surface area contributed by atoms with Crippen LogP contribution in [0, 0.1) is 5.92 Å². The lowest BCUT2D eigenvalue weighted by molar-refractivity contribution is 0.322. The fourth-order valence-corrected chi connectivity index (χ4v) is 3.04. The van der Waals surface area contributed by atoms with Gasteiger partial charge in [-0.3, -0.25) is 4.90 Å². The molecule has 0 aliphatic carbocycles. The van der Waals surface area contributed by atoms with Gasteiger partial charge in [0.15, 0.2) is 0 Å². The summed E-state index contributed by atoms with van der Waals surface area (Å²) in [6.07, 6.45) is 1.05. The van der Waals surface area contributed by atoms with Crippen LogP contribution in [0.3, 0.4) is 0 Å². The monoisotopic (exact) mass is 255 g/mol. The van der Waals surface area contributed by atoms with Crippen molar-refractivity contribution in [2.75, 3.05) is 13.1 Å². The Morgan fingerprint density at radius 2 is 1.95 bits per heavy atom. The lowest BCUT2D eigenvalue weighted by Crippen LogP contribution is -2.19. The molecule has 1 heterocycles. The van der Waals surface area contributed by atoms with E-state index in [1.807, 2.05) is 0 Å². The summed E-state index contributed by atoms with van der Waals surface area (Å²) >= 11 is 0. The first-order valence-electron chi connectivity index (χ1n) is 7.15. The number of allylic oxidation sites excluding steroid dienone is 2. The van der Waals surface area contributed by atoms with Gasteiger partial charge in [-0.1, -0.05) is 60.6 Å². The van der Waals surface area contributed by atoms with Crippen LogP contribution >= 0.6 is 0 Å². The molecule has 0 amide bonds. The molecule has 1 aliphatic rings. The van der Waals surface area contributed by atoms with Crippen molar-refractivity contribution in [2.45, 2.75) is 33.7 Å². The van der Waals surface area contributed by atoms with Gasteiger partial charge in [0, 0.05) is 19.6 Å². The van der Waals surface area contributed by atoms with Gasteiger partial charge in [-0.25, -0.2) is 0 Å². The molecule has 1 aromatic carbocycles. The van der Waals surface area contributed by atoms with Crippen molar-refractivity contribution in [3.63, 3.8) is 0 Å². The van der Waals surface area contributed by atoms with Gasteiger partial charge in [0.2, 0.25) is 0 Å². The first-order valence-corrected chi connectivity index (χ1v) is 7.15. The van der Waals surface area contributed by atoms with Gasteiger partial charge in [0.1, 0.15) is 0 Å². The van der Waals surface area contributed by atoms with E-state index < -0.39 is 0 Å². The Hall–Kier alpha value is -1.34. The van der Waals surface area contributed by atoms with Crippen molar-refractivity contribution in [3.8, 4) is 0 Å². The average Bonchev–Trinajstić information content (AvgIpc) is 2.70. The molecule has 2 rings (SSSR count). The number of benzene rings is 1. The Bertz CT molecular complexity index is 470. The summed E-state index contributed by atoms with van der Waals surface area (Å²) in [7, 11) is 0. The highest BCUT2D eigenvalue weighted by Gasteiger charge is 2.25. The molecule has 1 aromatic rings. The second kappa shape index (κ2) is 6.21. The van der Waals surface area contributed by atoms with Crippen LogP contribution in [-0.4, -0.2) is 18.0 Å². The first-order chi connectivity index (χ1) is 9.06. The summed E-state index contributed by atoms with van der Waals surface area (Å²) in [5.74, 6) is 0.683. The molecule has 1 atom stereocenters. The van der Waals surface area contributed by atoms with Crippen LogP contribution in [0.4, 0.5) is 0 Å². The van der Waals surface area contributed by atoms with Crippen molar-refractivity contribution in [2.24, 2.45) is 5.92 Å². The number of hydrogen-bond donors (Lipinski definition) is 0. The van der Waals surface area contributed by atoms with E-state index in [0.717, 1.165) is 19.5 Å². The van der Waals surface area contributed by atoms with Crippen LogP contribution in [0.15, 0.2) is 53.6 Å². The van der Waals surface area contributed by atoms with E-state index >= 15 is 0 Å². The van der Waals surface area contributed by atoms with Crippen molar-refractivity contribution >= 4 is 0 Å². The zero-order valence-corrected chi connectivity index (χ0v) is 12.4. The van der Waals surface area contributed by atoms with Crippen LogP contribution in [-0.2, 0) is 6.54 Å². The fourth-order valence-electron chi connectivity index (χ4n) is 3.04. The molecule has 0 N–H and O–H groups in total. The highest BCUT2D eigenvalue weighted by atomic mass is 15.1. The predicted octanol–water partition coefficient (Wildman–Crippen LogP) is 4.42. The minimum Gasteiger partial charge on any atom is -0.295 e. The van der Waals surface area contributed by atoms with Gasteiger partial charge in [0.05, 0.1) is 0 Å². The lowest BCUT2D eigenvalue weighted by atomic mass is 9.96. The van der Waals surface area contributed by atoms with Crippen molar-refractivity contribution in [1.29, 1.82) is 0 Å². The molecule has 0 saturated carbocycles. The molecule has 0 radical (unpaired) electrons. The number of hydrogen-bond acceptors (Lipinski definition) is 1. The minimum atomic E-state index is 0.683. The smallest absolute Gasteiger partial charge is 0.0237 e. The maximum absolute atomic E-state index is 4.03. The summed E-state index contributed by atoms with van der Waals surface area (Å²) in [6, 6.07) is 10.8. The highest BCUT2D eigenvalue weighted by Crippen LogP contribution is 2.28. The normalized spacial score (nSPS) is 22.6. The number of rotatable bonds is 4. The second-order valence-electron chi connectivity index (χ2n) is 6.00. The van der Waals surface area contributed by atoms with Gasteiger partial charge < -0.3 is 0 Å². The summed E-state index contributed by atoms with van der Waals surface area (Å²) in [4.78, 5) is 2.55. The SMILES string of the molecule is C=C(C)C/C(C)=C1/CN(Cc2ccccc2)CC1C. The van der Waals surface area contributed by atoms with Gasteiger partial charge in [-0.05, 0) is 31.7 Å². The molecule has 102 valence electrons. The van der Waals surface area contributed by atoms with Gasteiger partial charge in [-0.15, -0.1) is 0 Å². The lowest BCUT2D eigenvalue weighted by Gasteiger charge is -2.14. The topological polar surface area (TPSA) is 3.24 Å². The molecular formula is C18H25N. The maximum atomic E-state index is 4.03. The van der Waals surface area contributed by atoms with E-state index in [1.165, 1.54) is 23.3 Å². The Morgan fingerprint density at radius 3 is 2.58 bits per heavy atom. The fraction of sp³-hybridized carbons (Fsp3) is 0.444. The van der Waals surface area contributed by atoms with Crippen LogP contribution in [0.5, 0.6) is 0 Å². The maximum Gasteiger partial charge on any atom is 0.0237 e. The van der Waals surface area contributed by atoms with Crippen molar-refractivity contribution in [3.05, 3.63) is 59.2 Å². The third-order valence-corrected chi connectivity index (χ3v) is 3.88. The van der Waals surface area contributed by atoms with E-state index in [4.69, 9.17) is 0 Å². The van der Waals surface area contributed by atoms with E-state index in [2.05, 4.69) is 62.6 Å². The standard InChI is InChI=1S/C18H25N/c1-14(2)10-15(3)18-13-19(11-16(18)4)12-17-8-6-5-7-9-17/h5-9,16H,1,10-13H2,2-4H3/b18-15-. The predicted molar refractivity (Wildman–Crippen MR) is 83.0 cm³/mol. The molecule has 0 bridgehead atoms. The first kappa shape index (κ1) is 14.1. The zero-order chi connectivity index (χ0) is 13.8. The average molecular weight is 255 g/mol. The summed E-state index contributed by atoms with van der Waals surface area (Å²) < 4.78 is 0. The van der Waals surface area contributed by atoms with Crippen LogP contribution < -0.4 is 0 Å². The van der Waals surface area contributed by atoms with Crippen molar-refractivity contribution < 1.29 is 0 Å². The summed E-state index contributed by atoms with van der Waals surface area (Å²) in [6.45, 7) is 14.1. The van der Waals surface area contributed by atoms with E-state index in [-0.39, 0.29) is 0 Å². The Balaban J connectivity index is 2.03. The van der Waals surface area contributed by atoms with Crippen molar-refractivity contribution in [1.82, 2.24) is 4.90 Å². The molecule has 0 aromatic heterocycles. The third kappa shape index (κ3) is 3.81.